The largest absolute Gasteiger partial charge is 0.441 e. The van der Waals surface area contributed by atoms with Crippen LogP contribution >= 0.6 is 11.3 Å². The Hall–Kier alpha value is -2.49. The van der Waals surface area contributed by atoms with E-state index < -0.39 is 15.9 Å². The van der Waals surface area contributed by atoms with Crippen molar-refractivity contribution < 1.29 is 17.6 Å². The summed E-state index contributed by atoms with van der Waals surface area (Å²) < 4.78 is 33.0. The van der Waals surface area contributed by atoms with E-state index in [4.69, 9.17) is 4.42 Å². The second-order valence-corrected chi connectivity index (χ2v) is 10.5. The van der Waals surface area contributed by atoms with Crippen LogP contribution in [0.4, 0.5) is 5.69 Å². The first-order valence-corrected chi connectivity index (χ1v) is 12.1. The van der Waals surface area contributed by atoms with Crippen LogP contribution in [-0.2, 0) is 14.8 Å². The second kappa shape index (κ2) is 8.33. The Labute approximate surface area is 179 Å². The minimum atomic E-state index is -3.55. The maximum Gasteiger partial charge on any atom is 0.252 e. The first-order valence-electron chi connectivity index (χ1n) is 9.73. The lowest BCUT2D eigenvalue weighted by molar-refractivity contribution is -0.120. The van der Waals surface area contributed by atoms with Gasteiger partial charge in [0.15, 0.2) is 0 Å². The molecular formula is C21H23N3O4S2. The van der Waals surface area contributed by atoms with Gasteiger partial charge in [-0.05, 0) is 56.3 Å². The molecular weight excluding hydrogens is 422 g/mol. The highest BCUT2D eigenvalue weighted by Crippen LogP contribution is 2.28. The molecule has 7 nitrogen and oxygen atoms in total. The third-order valence-electron chi connectivity index (χ3n) is 5.25. The zero-order chi connectivity index (χ0) is 21.3. The first-order chi connectivity index (χ1) is 14.3. The molecule has 0 radical (unpaired) electrons. The minimum absolute atomic E-state index is 0.182. The van der Waals surface area contributed by atoms with Crippen LogP contribution in [0.1, 0.15) is 24.3 Å². The van der Waals surface area contributed by atoms with Gasteiger partial charge in [-0.1, -0.05) is 12.1 Å². The Bertz CT molecular complexity index is 1130. The van der Waals surface area contributed by atoms with Crippen LogP contribution in [0.25, 0.3) is 11.5 Å². The first kappa shape index (κ1) is 20.8. The number of hydrogen-bond acceptors (Lipinski definition) is 6. The Morgan fingerprint density at radius 1 is 1.27 bits per heavy atom. The van der Waals surface area contributed by atoms with Gasteiger partial charge in [0.25, 0.3) is 10.0 Å². The number of nitrogens with one attached hydrogen (secondary N) is 1. The molecule has 3 heterocycles. The van der Waals surface area contributed by atoms with Crippen LogP contribution in [0.3, 0.4) is 0 Å². The summed E-state index contributed by atoms with van der Waals surface area (Å²) >= 11 is 1.19. The van der Waals surface area contributed by atoms with E-state index in [9.17, 15) is 13.2 Å². The lowest BCUT2D eigenvalue weighted by atomic mass is 9.98. The zero-order valence-corrected chi connectivity index (χ0v) is 18.4. The summed E-state index contributed by atoms with van der Waals surface area (Å²) in [6, 6.07) is 10.6. The molecule has 1 amide bonds. The number of hydrogen-bond donors (Lipinski definition) is 1. The molecule has 0 aliphatic carbocycles. The number of aryl methyl sites for hydroxylation is 2. The highest BCUT2D eigenvalue weighted by Gasteiger charge is 2.33. The molecule has 1 aliphatic rings. The number of benzene rings is 1. The molecule has 30 heavy (non-hydrogen) atoms. The average Bonchev–Trinajstić information content (AvgIpc) is 3.39. The molecule has 1 aliphatic heterocycles. The molecule has 158 valence electrons. The van der Waals surface area contributed by atoms with Gasteiger partial charge >= 0.3 is 0 Å². The predicted molar refractivity (Wildman–Crippen MR) is 116 cm³/mol. The van der Waals surface area contributed by atoms with Crippen molar-refractivity contribution >= 4 is 33.0 Å². The smallest absolute Gasteiger partial charge is 0.252 e. The molecule has 0 saturated carbocycles. The number of oxazole rings is 1. The number of carbonyl (C=O) groups is 1. The average molecular weight is 446 g/mol. The summed E-state index contributed by atoms with van der Waals surface area (Å²) in [6.45, 7) is 4.36. The van der Waals surface area contributed by atoms with Crippen molar-refractivity contribution in [2.24, 2.45) is 5.92 Å². The summed E-state index contributed by atoms with van der Waals surface area (Å²) in [5, 5.41) is 4.66. The van der Waals surface area contributed by atoms with Gasteiger partial charge in [-0.25, -0.2) is 13.4 Å². The molecule has 3 aromatic rings. The van der Waals surface area contributed by atoms with Gasteiger partial charge in [0, 0.05) is 24.3 Å². The number of sulfonamides is 1. The van der Waals surface area contributed by atoms with Gasteiger partial charge in [-0.2, -0.15) is 4.31 Å². The summed E-state index contributed by atoms with van der Waals surface area (Å²) in [6.07, 6.45) is 1.30. The molecule has 1 atom stereocenters. The van der Waals surface area contributed by atoms with Crippen molar-refractivity contribution in [1.29, 1.82) is 0 Å². The number of piperidine rings is 1. The van der Waals surface area contributed by atoms with Crippen molar-refractivity contribution in [2.75, 3.05) is 18.4 Å². The second-order valence-electron chi connectivity index (χ2n) is 7.36. The van der Waals surface area contributed by atoms with E-state index in [1.165, 1.54) is 15.6 Å². The fraction of sp³-hybridized carbons (Fsp3) is 0.333. The zero-order valence-electron chi connectivity index (χ0n) is 16.8. The highest BCUT2D eigenvalue weighted by molar-refractivity contribution is 7.91. The van der Waals surface area contributed by atoms with Crippen molar-refractivity contribution in [1.82, 2.24) is 9.29 Å². The number of carbonyl (C=O) groups excluding carboxylic acids is 1. The van der Waals surface area contributed by atoms with E-state index in [1.807, 2.05) is 32.0 Å². The number of anilines is 1. The Balaban J connectivity index is 1.47. The van der Waals surface area contributed by atoms with Crippen molar-refractivity contribution in [3.8, 4) is 11.5 Å². The minimum Gasteiger partial charge on any atom is -0.441 e. The lowest BCUT2D eigenvalue weighted by Crippen LogP contribution is -2.43. The van der Waals surface area contributed by atoms with E-state index >= 15 is 0 Å². The number of rotatable bonds is 5. The lowest BCUT2D eigenvalue weighted by Gasteiger charge is -2.30. The van der Waals surface area contributed by atoms with E-state index in [-0.39, 0.29) is 12.5 Å². The van der Waals surface area contributed by atoms with Crippen LogP contribution in [-0.4, -0.2) is 36.7 Å². The van der Waals surface area contributed by atoms with Gasteiger partial charge in [-0.3, -0.25) is 4.79 Å². The fourth-order valence-corrected chi connectivity index (χ4v) is 6.15. The maximum atomic E-state index is 12.9. The molecule has 0 bridgehead atoms. The molecule has 1 fully saturated rings. The fourth-order valence-electron chi connectivity index (χ4n) is 3.48. The van der Waals surface area contributed by atoms with Gasteiger partial charge in [-0.15, -0.1) is 11.3 Å². The normalized spacial score (nSPS) is 17.7. The van der Waals surface area contributed by atoms with Gasteiger partial charge in [0.05, 0.1) is 11.6 Å². The standard InChI is InChI=1S/C21H23N3O4S2/c1-14-15(2)28-21(22-14)16-6-3-8-18(12-16)23-20(25)17-7-4-10-24(13-17)30(26,27)19-9-5-11-29-19/h3,5-6,8-9,11-12,17H,4,7,10,13H2,1-2H3,(H,23,25). The highest BCUT2D eigenvalue weighted by atomic mass is 32.2. The van der Waals surface area contributed by atoms with E-state index in [2.05, 4.69) is 10.3 Å². The monoisotopic (exact) mass is 445 g/mol. The predicted octanol–water partition coefficient (Wildman–Crippen LogP) is 4.06. The van der Waals surface area contributed by atoms with E-state index in [1.54, 1.807) is 23.6 Å². The van der Waals surface area contributed by atoms with Crippen LogP contribution in [0, 0.1) is 19.8 Å². The van der Waals surface area contributed by atoms with Crippen LogP contribution in [0.2, 0.25) is 0 Å². The summed E-state index contributed by atoms with van der Waals surface area (Å²) in [7, 11) is -3.55. The molecule has 1 aromatic carbocycles. The Kier molecular flexibility index (Phi) is 5.77. The molecule has 0 spiro atoms. The third-order valence-corrected chi connectivity index (χ3v) is 8.49. The quantitative estimate of drug-likeness (QED) is 0.639. The number of thiophene rings is 1. The van der Waals surface area contributed by atoms with Crippen molar-refractivity contribution in [3.63, 3.8) is 0 Å². The molecule has 1 N–H and O–H groups in total. The van der Waals surface area contributed by atoms with E-state index in [0.29, 0.717) is 35.2 Å². The van der Waals surface area contributed by atoms with Gasteiger partial charge in [0.2, 0.25) is 11.8 Å². The van der Waals surface area contributed by atoms with Crippen LogP contribution < -0.4 is 5.32 Å². The SMILES string of the molecule is Cc1nc(-c2cccc(NC(=O)C3CCCN(S(=O)(=O)c4cccs4)C3)c2)oc1C. The molecule has 1 saturated heterocycles. The molecule has 4 rings (SSSR count). The molecule has 2 aromatic heterocycles. The number of amides is 1. The van der Waals surface area contributed by atoms with Gasteiger partial charge in [0.1, 0.15) is 9.97 Å². The van der Waals surface area contributed by atoms with Crippen molar-refractivity contribution in [3.05, 3.63) is 53.2 Å². The van der Waals surface area contributed by atoms with Crippen LogP contribution in [0.5, 0.6) is 0 Å². The summed E-state index contributed by atoms with van der Waals surface area (Å²) in [4.78, 5) is 17.3. The van der Waals surface area contributed by atoms with E-state index in [0.717, 1.165) is 17.0 Å². The summed E-state index contributed by atoms with van der Waals surface area (Å²) in [5.41, 5.74) is 2.23. The Morgan fingerprint density at radius 2 is 2.10 bits per heavy atom. The van der Waals surface area contributed by atoms with Gasteiger partial charge < -0.3 is 9.73 Å². The molecule has 1 unspecified atom stereocenters. The summed E-state index contributed by atoms with van der Waals surface area (Å²) in [5.74, 6) is 0.682. The topological polar surface area (TPSA) is 92.5 Å². The number of nitrogens with zero attached hydrogens (tertiary/aromatic N) is 2. The third kappa shape index (κ3) is 4.19. The Morgan fingerprint density at radius 3 is 2.80 bits per heavy atom. The van der Waals surface area contributed by atoms with Crippen molar-refractivity contribution in [2.45, 2.75) is 30.9 Å². The van der Waals surface area contributed by atoms with Crippen LogP contribution in [0.15, 0.2) is 50.4 Å². The number of aromatic nitrogens is 1. The maximum absolute atomic E-state index is 12.9. The molecule has 9 heteroatoms.